The number of thiophene rings is 1. The fourth-order valence-corrected chi connectivity index (χ4v) is 5.64. The number of carbonyl (C=O) groups is 1. The molecule has 1 atom stereocenters. The van der Waals surface area contributed by atoms with E-state index >= 15 is 0 Å². The molecule has 2 aliphatic rings. The molecule has 0 saturated carbocycles. The van der Waals surface area contributed by atoms with E-state index < -0.39 is 6.04 Å². The molecule has 2 aromatic heterocycles. The number of hydrogen-bond donors (Lipinski definition) is 2. The van der Waals surface area contributed by atoms with E-state index in [9.17, 15) is 4.79 Å². The molecule has 0 spiro atoms. The Balaban J connectivity index is 1.67. The maximum Gasteiger partial charge on any atom is 0.239 e. The molecule has 7 nitrogen and oxygen atoms in total. The Morgan fingerprint density at radius 3 is 2.68 bits per heavy atom. The average Bonchev–Trinajstić information content (AvgIpc) is 3.09. The lowest BCUT2D eigenvalue weighted by molar-refractivity contribution is -0.118. The molecule has 1 saturated heterocycles. The SMILES string of the molecule is CC(C)(C)CC[C@@H](Nc1nc(CN2CCOCC2)nc2sc3c(c12)CCCC3)C(N)=O. The first kappa shape index (κ1) is 22.4. The van der Waals surface area contributed by atoms with Gasteiger partial charge in [0.05, 0.1) is 25.1 Å². The molecule has 0 radical (unpaired) electrons. The number of fused-ring (bicyclic) bond motifs is 3. The van der Waals surface area contributed by atoms with E-state index in [-0.39, 0.29) is 11.3 Å². The molecular weight excluding hydrogens is 410 g/mol. The Morgan fingerprint density at radius 2 is 1.97 bits per heavy atom. The van der Waals surface area contributed by atoms with Crippen molar-refractivity contribution in [2.75, 3.05) is 31.6 Å². The summed E-state index contributed by atoms with van der Waals surface area (Å²) in [5, 5.41) is 4.55. The van der Waals surface area contributed by atoms with Gasteiger partial charge in [-0.2, -0.15) is 0 Å². The van der Waals surface area contributed by atoms with E-state index in [1.807, 2.05) is 0 Å². The summed E-state index contributed by atoms with van der Waals surface area (Å²) in [6.07, 6.45) is 6.18. The quantitative estimate of drug-likeness (QED) is 0.678. The van der Waals surface area contributed by atoms with E-state index in [1.54, 1.807) is 11.3 Å². The first-order valence-corrected chi connectivity index (χ1v) is 12.3. The Bertz CT molecular complexity index is 930. The highest BCUT2D eigenvalue weighted by atomic mass is 32.1. The largest absolute Gasteiger partial charge is 0.379 e. The van der Waals surface area contributed by atoms with Gasteiger partial charge in [0.15, 0.2) is 0 Å². The van der Waals surface area contributed by atoms with Gasteiger partial charge in [0, 0.05) is 18.0 Å². The van der Waals surface area contributed by atoms with E-state index in [0.29, 0.717) is 13.0 Å². The molecule has 1 aliphatic heterocycles. The zero-order chi connectivity index (χ0) is 22.0. The van der Waals surface area contributed by atoms with Crippen molar-refractivity contribution in [2.24, 2.45) is 11.1 Å². The molecule has 8 heteroatoms. The molecule has 3 heterocycles. The Morgan fingerprint density at radius 1 is 1.23 bits per heavy atom. The van der Waals surface area contributed by atoms with Gasteiger partial charge in [0.2, 0.25) is 5.91 Å². The minimum atomic E-state index is -0.437. The second-order valence-corrected chi connectivity index (χ2v) is 11.1. The lowest BCUT2D eigenvalue weighted by Crippen LogP contribution is -2.37. The number of nitrogens with one attached hydrogen (secondary N) is 1. The average molecular weight is 446 g/mol. The number of amides is 1. The normalized spacial score (nSPS) is 18.7. The zero-order valence-corrected chi connectivity index (χ0v) is 19.8. The Kier molecular flexibility index (Phi) is 6.79. The van der Waals surface area contributed by atoms with Gasteiger partial charge in [0.1, 0.15) is 22.5 Å². The van der Waals surface area contributed by atoms with E-state index in [1.165, 1.54) is 23.3 Å². The van der Waals surface area contributed by atoms with Crippen molar-refractivity contribution in [1.82, 2.24) is 14.9 Å². The van der Waals surface area contributed by atoms with Crippen LogP contribution in [0.3, 0.4) is 0 Å². The van der Waals surface area contributed by atoms with E-state index in [4.69, 9.17) is 20.4 Å². The molecule has 1 fully saturated rings. The predicted octanol–water partition coefficient (Wildman–Crippen LogP) is 3.49. The van der Waals surface area contributed by atoms with Gasteiger partial charge in [-0.3, -0.25) is 9.69 Å². The third-order valence-corrected chi connectivity index (χ3v) is 7.35. The summed E-state index contributed by atoms with van der Waals surface area (Å²) in [5.41, 5.74) is 7.30. The standard InChI is InChI=1S/C23H35N5O2S/c1-23(2,3)9-8-16(20(24)29)25-21-19-15-6-4-5-7-17(15)31-22(19)27-18(26-21)14-28-10-12-30-13-11-28/h16H,4-14H2,1-3H3,(H2,24,29)(H,25,26,27)/t16-/m1/s1. The molecule has 0 unspecified atom stereocenters. The molecule has 0 aromatic carbocycles. The van der Waals surface area contributed by atoms with Crippen LogP contribution in [0.1, 0.15) is 62.7 Å². The minimum Gasteiger partial charge on any atom is -0.379 e. The molecule has 2 aromatic rings. The van der Waals surface area contributed by atoms with Crippen LogP contribution < -0.4 is 11.1 Å². The summed E-state index contributed by atoms with van der Waals surface area (Å²) in [6, 6.07) is -0.437. The van der Waals surface area contributed by atoms with Crippen LogP contribution in [0.15, 0.2) is 0 Å². The second kappa shape index (κ2) is 9.38. The van der Waals surface area contributed by atoms with E-state index in [2.05, 4.69) is 31.0 Å². The highest BCUT2D eigenvalue weighted by Gasteiger charge is 2.25. The van der Waals surface area contributed by atoms with Crippen molar-refractivity contribution in [3.05, 3.63) is 16.3 Å². The first-order valence-electron chi connectivity index (χ1n) is 11.5. The van der Waals surface area contributed by atoms with Crippen LogP contribution in [0.2, 0.25) is 0 Å². The number of carbonyl (C=O) groups excluding carboxylic acids is 1. The summed E-state index contributed by atoms with van der Waals surface area (Å²) in [7, 11) is 0. The highest BCUT2D eigenvalue weighted by molar-refractivity contribution is 7.19. The number of nitrogens with two attached hydrogens (primary N) is 1. The Hall–Kier alpha value is -1.77. The van der Waals surface area contributed by atoms with Crippen LogP contribution in [0.5, 0.6) is 0 Å². The zero-order valence-electron chi connectivity index (χ0n) is 19.0. The number of nitrogens with zero attached hydrogens (tertiary/aromatic N) is 3. The number of rotatable bonds is 7. The molecular formula is C23H35N5O2S. The number of aryl methyl sites for hydroxylation is 2. The van der Waals surface area contributed by atoms with Crippen molar-refractivity contribution < 1.29 is 9.53 Å². The second-order valence-electron chi connectivity index (χ2n) is 9.97. The van der Waals surface area contributed by atoms with Crippen LogP contribution in [-0.2, 0) is 28.9 Å². The fourth-order valence-electron chi connectivity index (χ4n) is 4.36. The predicted molar refractivity (Wildman–Crippen MR) is 125 cm³/mol. The van der Waals surface area contributed by atoms with Crippen molar-refractivity contribution in [2.45, 2.75) is 71.9 Å². The molecule has 170 valence electrons. The number of primary amides is 1. The number of hydrogen-bond acceptors (Lipinski definition) is 7. The molecule has 3 N–H and O–H groups in total. The fraction of sp³-hybridized carbons (Fsp3) is 0.696. The third kappa shape index (κ3) is 5.54. The smallest absolute Gasteiger partial charge is 0.239 e. The number of ether oxygens (including phenoxy) is 1. The Labute approximate surface area is 188 Å². The van der Waals surface area contributed by atoms with Gasteiger partial charge in [-0.15, -0.1) is 11.3 Å². The van der Waals surface area contributed by atoms with Crippen LogP contribution in [0, 0.1) is 5.41 Å². The maximum atomic E-state index is 12.3. The summed E-state index contributed by atoms with van der Waals surface area (Å²) < 4.78 is 5.48. The molecule has 1 aliphatic carbocycles. The first-order chi connectivity index (χ1) is 14.8. The molecule has 4 rings (SSSR count). The van der Waals surface area contributed by atoms with Gasteiger partial charge in [-0.1, -0.05) is 20.8 Å². The monoisotopic (exact) mass is 445 g/mol. The van der Waals surface area contributed by atoms with Gasteiger partial charge < -0.3 is 15.8 Å². The van der Waals surface area contributed by atoms with Crippen molar-refractivity contribution >= 4 is 33.3 Å². The van der Waals surface area contributed by atoms with Gasteiger partial charge in [0.25, 0.3) is 0 Å². The van der Waals surface area contributed by atoms with Crippen LogP contribution in [-0.4, -0.2) is 53.1 Å². The maximum absolute atomic E-state index is 12.3. The molecule has 0 bridgehead atoms. The van der Waals surface area contributed by atoms with Crippen molar-refractivity contribution in [1.29, 1.82) is 0 Å². The topological polar surface area (TPSA) is 93.4 Å². The number of aromatic nitrogens is 2. The lowest BCUT2D eigenvalue weighted by atomic mass is 9.88. The molecule has 31 heavy (non-hydrogen) atoms. The number of morpholine rings is 1. The van der Waals surface area contributed by atoms with Crippen LogP contribution in [0.25, 0.3) is 10.2 Å². The van der Waals surface area contributed by atoms with Gasteiger partial charge >= 0.3 is 0 Å². The third-order valence-electron chi connectivity index (χ3n) is 6.17. The summed E-state index contributed by atoms with van der Waals surface area (Å²) in [6.45, 7) is 10.5. The van der Waals surface area contributed by atoms with Gasteiger partial charge in [-0.25, -0.2) is 9.97 Å². The summed E-state index contributed by atoms with van der Waals surface area (Å²) in [5.74, 6) is 1.26. The minimum absolute atomic E-state index is 0.138. The van der Waals surface area contributed by atoms with E-state index in [0.717, 1.165) is 67.4 Å². The molecule has 1 amide bonds. The van der Waals surface area contributed by atoms with Crippen LogP contribution >= 0.6 is 11.3 Å². The van der Waals surface area contributed by atoms with Crippen LogP contribution in [0.4, 0.5) is 5.82 Å². The highest BCUT2D eigenvalue weighted by Crippen LogP contribution is 2.39. The number of anilines is 1. The van der Waals surface area contributed by atoms with Crippen molar-refractivity contribution in [3.63, 3.8) is 0 Å². The lowest BCUT2D eigenvalue weighted by Gasteiger charge is -2.26. The summed E-state index contributed by atoms with van der Waals surface area (Å²) in [4.78, 5) is 26.9. The van der Waals surface area contributed by atoms with Crippen molar-refractivity contribution in [3.8, 4) is 0 Å². The van der Waals surface area contributed by atoms with Gasteiger partial charge in [-0.05, 0) is 49.5 Å². The summed E-state index contributed by atoms with van der Waals surface area (Å²) >= 11 is 1.79.